The Kier molecular flexibility index (Phi) is 5.84. The maximum atomic E-state index is 12.6. The molecule has 27 heavy (non-hydrogen) atoms. The second kappa shape index (κ2) is 8.67. The van der Waals surface area contributed by atoms with Gasteiger partial charge in [-0.25, -0.2) is 4.68 Å². The number of tetrazole rings is 1. The minimum absolute atomic E-state index is 0.120. The van der Waals surface area contributed by atoms with Crippen LogP contribution in [0.5, 0.6) is 0 Å². The molecular weight excluding hydrogens is 362 g/mol. The van der Waals surface area contributed by atoms with Gasteiger partial charge in [0.25, 0.3) is 0 Å². The van der Waals surface area contributed by atoms with Crippen LogP contribution < -0.4 is 0 Å². The van der Waals surface area contributed by atoms with E-state index in [1.165, 1.54) is 22.9 Å². The number of nitrogens with zero attached hydrogens (tertiary/aromatic N) is 5. The minimum Gasteiger partial charge on any atom is -0.376 e. The summed E-state index contributed by atoms with van der Waals surface area (Å²) in [6, 6.07) is 10.3. The standard InChI is InChI=1S/C19H23N5O2S/c25-18(23-10-8-16(9-11-23)15-5-2-1-3-6-15)14-27-19-20-21-22-24(19)13-17-7-4-12-26-17/h1-3,5-6,8,17H,4,7,9-14H2/t17-/m1/s1. The van der Waals surface area contributed by atoms with Crippen molar-refractivity contribution < 1.29 is 9.53 Å². The molecule has 2 aromatic rings. The summed E-state index contributed by atoms with van der Waals surface area (Å²) >= 11 is 1.40. The van der Waals surface area contributed by atoms with Crippen molar-refractivity contribution in [2.75, 3.05) is 25.4 Å². The first-order valence-corrected chi connectivity index (χ1v) is 10.3. The third kappa shape index (κ3) is 4.56. The highest BCUT2D eigenvalue weighted by molar-refractivity contribution is 7.99. The van der Waals surface area contributed by atoms with E-state index in [-0.39, 0.29) is 12.0 Å². The van der Waals surface area contributed by atoms with E-state index in [0.717, 1.165) is 32.4 Å². The molecule has 1 aromatic heterocycles. The zero-order chi connectivity index (χ0) is 18.5. The summed E-state index contributed by atoms with van der Waals surface area (Å²) in [7, 11) is 0. The number of rotatable bonds is 6. The van der Waals surface area contributed by atoms with Gasteiger partial charge in [0.15, 0.2) is 0 Å². The van der Waals surface area contributed by atoms with Gasteiger partial charge in [-0.05, 0) is 40.8 Å². The SMILES string of the molecule is O=C(CSc1nnnn1C[C@H]1CCCO1)N1CC=C(c2ccccc2)CC1. The normalized spacial score (nSPS) is 19.9. The lowest BCUT2D eigenvalue weighted by Crippen LogP contribution is -2.36. The molecule has 4 rings (SSSR count). The van der Waals surface area contributed by atoms with Gasteiger partial charge >= 0.3 is 0 Å². The van der Waals surface area contributed by atoms with Crippen LogP contribution in [0.4, 0.5) is 0 Å². The topological polar surface area (TPSA) is 73.1 Å². The first-order chi connectivity index (χ1) is 13.3. The van der Waals surface area contributed by atoms with Gasteiger partial charge in [-0.2, -0.15) is 0 Å². The van der Waals surface area contributed by atoms with Crippen LogP contribution in [0, 0.1) is 0 Å². The molecule has 1 fully saturated rings. The fourth-order valence-corrected chi connectivity index (χ4v) is 4.21. The predicted molar refractivity (Wildman–Crippen MR) is 103 cm³/mol. The van der Waals surface area contributed by atoms with E-state index in [1.807, 2.05) is 23.1 Å². The molecular formula is C19H23N5O2S. The van der Waals surface area contributed by atoms with Gasteiger partial charge in [0.2, 0.25) is 11.1 Å². The molecule has 0 saturated carbocycles. The molecule has 0 unspecified atom stereocenters. The zero-order valence-electron chi connectivity index (χ0n) is 15.2. The highest BCUT2D eigenvalue weighted by Gasteiger charge is 2.21. The highest BCUT2D eigenvalue weighted by atomic mass is 32.2. The largest absolute Gasteiger partial charge is 0.376 e. The Morgan fingerprint density at radius 1 is 1.30 bits per heavy atom. The van der Waals surface area contributed by atoms with Crippen molar-refractivity contribution in [1.82, 2.24) is 25.1 Å². The van der Waals surface area contributed by atoms with E-state index in [2.05, 4.69) is 33.7 Å². The lowest BCUT2D eigenvalue weighted by Gasteiger charge is -2.26. The van der Waals surface area contributed by atoms with Crippen molar-refractivity contribution in [2.45, 2.75) is 37.1 Å². The van der Waals surface area contributed by atoms with E-state index in [0.29, 0.717) is 24.0 Å². The van der Waals surface area contributed by atoms with Crippen LogP contribution in [0.25, 0.3) is 5.57 Å². The van der Waals surface area contributed by atoms with Crippen LogP contribution in [0.15, 0.2) is 41.6 Å². The van der Waals surface area contributed by atoms with E-state index < -0.39 is 0 Å². The number of aromatic nitrogens is 4. The lowest BCUT2D eigenvalue weighted by atomic mass is 10.00. The second-order valence-electron chi connectivity index (χ2n) is 6.75. The summed E-state index contributed by atoms with van der Waals surface area (Å²) in [5, 5.41) is 12.5. The lowest BCUT2D eigenvalue weighted by molar-refractivity contribution is -0.127. The number of hydrogen-bond donors (Lipinski definition) is 0. The molecule has 2 aliphatic heterocycles. The number of ether oxygens (including phenoxy) is 1. The van der Waals surface area contributed by atoms with E-state index >= 15 is 0 Å². The number of thioether (sulfide) groups is 1. The molecule has 0 radical (unpaired) electrons. The van der Waals surface area contributed by atoms with Crippen molar-refractivity contribution in [2.24, 2.45) is 0 Å². The number of hydrogen-bond acceptors (Lipinski definition) is 6. The van der Waals surface area contributed by atoms with Crippen LogP contribution in [0.2, 0.25) is 0 Å². The maximum absolute atomic E-state index is 12.6. The average molecular weight is 385 g/mol. The quantitative estimate of drug-likeness (QED) is 0.710. The fourth-order valence-electron chi connectivity index (χ4n) is 3.42. The summed E-state index contributed by atoms with van der Waals surface area (Å²) in [6.45, 7) is 2.86. The first-order valence-electron chi connectivity index (χ1n) is 9.32. The van der Waals surface area contributed by atoms with Gasteiger partial charge in [0.05, 0.1) is 18.4 Å². The summed E-state index contributed by atoms with van der Waals surface area (Å²) < 4.78 is 7.39. The second-order valence-corrected chi connectivity index (χ2v) is 7.69. The van der Waals surface area contributed by atoms with Gasteiger partial charge in [0, 0.05) is 19.7 Å². The average Bonchev–Trinajstić information content (AvgIpc) is 3.39. The summed E-state index contributed by atoms with van der Waals surface area (Å²) in [5.41, 5.74) is 2.56. The summed E-state index contributed by atoms with van der Waals surface area (Å²) in [4.78, 5) is 14.5. The minimum atomic E-state index is 0.120. The van der Waals surface area contributed by atoms with Gasteiger partial charge in [-0.1, -0.05) is 48.2 Å². The van der Waals surface area contributed by atoms with Crippen molar-refractivity contribution in [3.05, 3.63) is 42.0 Å². The zero-order valence-corrected chi connectivity index (χ0v) is 16.0. The van der Waals surface area contributed by atoms with Crippen LogP contribution in [0.3, 0.4) is 0 Å². The molecule has 1 amide bonds. The smallest absolute Gasteiger partial charge is 0.233 e. The first kappa shape index (κ1) is 18.2. The third-order valence-corrected chi connectivity index (χ3v) is 5.87. The van der Waals surface area contributed by atoms with Crippen molar-refractivity contribution in [1.29, 1.82) is 0 Å². The Morgan fingerprint density at radius 2 is 2.19 bits per heavy atom. The maximum Gasteiger partial charge on any atom is 0.233 e. The molecule has 7 nitrogen and oxygen atoms in total. The number of benzene rings is 1. The van der Waals surface area contributed by atoms with Crippen molar-refractivity contribution >= 4 is 23.2 Å². The van der Waals surface area contributed by atoms with Crippen LogP contribution >= 0.6 is 11.8 Å². The molecule has 2 aliphatic rings. The molecule has 1 atom stereocenters. The van der Waals surface area contributed by atoms with Crippen LogP contribution in [0.1, 0.15) is 24.8 Å². The van der Waals surface area contributed by atoms with Gasteiger partial charge in [-0.15, -0.1) is 5.10 Å². The van der Waals surface area contributed by atoms with Gasteiger partial charge < -0.3 is 9.64 Å². The van der Waals surface area contributed by atoms with E-state index in [4.69, 9.17) is 4.74 Å². The van der Waals surface area contributed by atoms with E-state index in [9.17, 15) is 4.79 Å². The number of amides is 1. The molecule has 0 spiro atoms. The highest BCUT2D eigenvalue weighted by Crippen LogP contribution is 2.23. The molecule has 0 N–H and O–H groups in total. The molecule has 0 bridgehead atoms. The van der Waals surface area contributed by atoms with Crippen molar-refractivity contribution in [3.63, 3.8) is 0 Å². The molecule has 1 saturated heterocycles. The third-order valence-electron chi connectivity index (χ3n) is 4.93. The monoisotopic (exact) mass is 385 g/mol. The predicted octanol–water partition coefficient (Wildman–Crippen LogP) is 2.26. The molecule has 3 heterocycles. The Bertz CT molecular complexity index is 801. The Morgan fingerprint density at radius 3 is 2.93 bits per heavy atom. The molecule has 142 valence electrons. The Balaban J connectivity index is 1.29. The molecule has 1 aromatic carbocycles. The number of carbonyl (C=O) groups excluding carboxylic acids is 1. The van der Waals surface area contributed by atoms with Crippen LogP contribution in [-0.2, 0) is 16.1 Å². The summed E-state index contributed by atoms with van der Waals surface area (Å²) in [6.07, 6.45) is 5.33. The molecule has 0 aliphatic carbocycles. The molecule has 8 heteroatoms. The Labute approximate surface area is 162 Å². The number of carbonyl (C=O) groups is 1. The van der Waals surface area contributed by atoms with Gasteiger partial charge in [0.1, 0.15) is 0 Å². The van der Waals surface area contributed by atoms with Crippen LogP contribution in [-0.4, -0.2) is 62.6 Å². The van der Waals surface area contributed by atoms with Crippen molar-refractivity contribution in [3.8, 4) is 0 Å². The summed E-state index contributed by atoms with van der Waals surface area (Å²) in [5.74, 6) is 0.468. The Hall–Kier alpha value is -2.19. The van der Waals surface area contributed by atoms with E-state index in [1.54, 1.807) is 4.68 Å². The fraction of sp³-hybridized carbons (Fsp3) is 0.474. The van der Waals surface area contributed by atoms with Gasteiger partial charge in [-0.3, -0.25) is 4.79 Å².